The predicted octanol–water partition coefficient (Wildman–Crippen LogP) is 0.633. The maximum absolute atomic E-state index is 11.9. The zero-order chi connectivity index (χ0) is 20.1. The molecule has 10 heteroatoms. The second kappa shape index (κ2) is 8.53. The van der Waals surface area contributed by atoms with Crippen molar-refractivity contribution in [3.05, 3.63) is 42.7 Å². The lowest BCUT2D eigenvalue weighted by Gasteiger charge is -2.36. The molecule has 2 aromatic rings. The Hall–Kier alpha value is -2.72. The fourth-order valence-corrected chi connectivity index (χ4v) is 3.22. The van der Waals surface area contributed by atoms with Crippen LogP contribution in [-0.2, 0) is 14.8 Å². The van der Waals surface area contributed by atoms with E-state index >= 15 is 0 Å². The molecular weight excluding hydrogens is 380 g/mol. The number of nitrogens with zero attached hydrogens (tertiary/aromatic N) is 5. The van der Waals surface area contributed by atoms with Gasteiger partial charge in [-0.05, 0) is 12.1 Å². The zero-order valence-electron chi connectivity index (χ0n) is 15.9. The van der Waals surface area contributed by atoms with Crippen LogP contribution < -0.4 is 15.1 Å². The van der Waals surface area contributed by atoms with Crippen LogP contribution in [0.5, 0.6) is 0 Å². The number of nitrogens with one attached hydrogen (secondary N) is 1. The summed E-state index contributed by atoms with van der Waals surface area (Å²) in [4.78, 5) is 25.0. The average molecular weight is 404 g/mol. The standard InChI is InChI=1S/C18H24N6O3S/c1-22(28(2,26)27)14-17(25)21-15-12-19-18(20-13-15)24-10-8-23(9-11-24)16-6-4-3-5-7-16/h3-7,12-13H,8-11,14H2,1-2H3,(H,21,25). The van der Waals surface area contributed by atoms with Gasteiger partial charge in [-0.1, -0.05) is 18.2 Å². The van der Waals surface area contributed by atoms with Crippen LogP contribution in [0.1, 0.15) is 0 Å². The number of hydrogen-bond acceptors (Lipinski definition) is 7. The van der Waals surface area contributed by atoms with E-state index in [0.29, 0.717) is 11.6 Å². The number of aromatic nitrogens is 2. The maximum atomic E-state index is 11.9. The SMILES string of the molecule is CN(CC(=O)Nc1cnc(N2CCN(c3ccccc3)CC2)nc1)S(C)(=O)=O. The van der Waals surface area contributed by atoms with Crippen molar-refractivity contribution in [1.82, 2.24) is 14.3 Å². The summed E-state index contributed by atoms with van der Waals surface area (Å²) in [5, 5.41) is 2.61. The molecular formula is C18H24N6O3S. The number of amides is 1. The van der Waals surface area contributed by atoms with Crippen molar-refractivity contribution in [3.8, 4) is 0 Å². The molecule has 0 bridgehead atoms. The minimum atomic E-state index is -3.41. The summed E-state index contributed by atoms with van der Waals surface area (Å²) in [6.07, 6.45) is 4.12. The van der Waals surface area contributed by atoms with Crippen LogP contribution >= 0.6 is 0 Å². The first-order chi connectivity index (χ1) is 13.3. The smallest absolute Gasteiger partial charge is 0.239 e. The van der Waals surface area contributed by atoms with Crippen molar-refractivity contribution < 1.29 is 13.2 Å². The lowest BCUT2D eigenvalue weighted by molar-refractivity contribution is -0.116. The monoisotopic (exact) mass is 404 g/mol. The van der Waals surface area contributed by atoms with Gasteiger partial charge < -0.3 is 15.1 Å². The molecule has 1 aliphatic heterocycles. The molecule has 1 aromatic carbocycles. The van der Waals surface area contributed by atoms with Gasteiger partial charge in [-0.2, -0.15) is 4.31 Å². The zero-order valence-corrected chi connectivity index (χ0v) is 16.8. The summed E-state index contributed by atoms with van der Waals surface area (Å²) in [6.45, 7) is 3.11. The highest BCUT2D eigenvalue weighted by Crippen LogP contribution is 2.18. The van der Waals surface area contributed by atoms with Gasteiger partial charge in [-0.3, -0.25) is 4.79 Å². The van der Waals surface area contributed by atoms with Crippen molar-refractivity contribution in [3.63, 3.8) is 0 Å². The number of piperazine rings is 1. The van der Waals surface area contributed by atoms with Crippen LogP contribution in [0.2, 0.25) is 0 Å². The van der Waals surface area contributed by atoms with Gasteiger partial charge >= 0.3 is 0 Å². The first kappa shape index (κ1) is 20.0. The lowest BCUT2D eigenvalue weighted by Crippen LogP contribution is -2.47. The van der Waals surface area contributed by atoms with Crippen molar-refractivity contribution in [2.45, 2.75) is 0 Å². The van der Waals surface area contributed by atoms with Gasteiger partial charge in [-0.15, -0.1) is 0 Å². The normalized spacial score (nSPS) is 15.0. The summed E-state index contributed by atoms with van der Waals surface area (Å²) < 4.78 is 23.7. The van der Waals surface area contributed by atoms with Gasteiger partial charge in [0.25, 0.3) is 0 Å². The van der Waals surface area contributed by atoms with Crippen molar-refractivity contribution in [1.29, 1.82) is 0 Å². The number of benzene rings is 1. The molecule has 1 amide bonds. The van der Waals surface area contributed by atoms with Crippen molar-refractivity contribution in [2.24, 2.45) is 0 Å². The molecule has 0 unspecified atom stereocenters. The largest absolute Gasteiger partial charge is 0.368 e. The fraction of sp³-hybridized carbons (Fsp3) is 0.389. The number of rotatable bonds is 6. The number of para-hydroxylation sites is 1. The van der Waals surface area contributed by atoms with E-state index in [9.17, 15) is 13.2 Å². The van der Waals surface area contributed by atoms with E-state index in [0.717, 1.165) is 36.7 Å². The highest BCUT2D eigenvalue weighted by molar-refractivity contribution is 7.88. The molecule has 1 fully saturated rings. The molecule has 0 saturated carbocycles. The highest BCUT2D eigenvalue weighted by atomic mass is 32.2. The fourth-order valence-electron chi connectivity index (χ4n) is 2.87. The number of carbonyl (C=O) groups is 1. The number of likely N-dealkylation sites (N-methyl/N-ethyl adjacent to an activating group) is 1. The third-order valence-electron chi connectivity index (χ3n) is 4.54. The molecule has 0 spiro atoms. The number of hydrogen-bond donors (Lipinski definition) is 1. The van der Waals surface area contributed by atoms with Crippen molar-refractivity contribution >= 4 is 33.3 Å². The Bertz CT molecular complexity index is 897. The van der Waals surface area contributed by atoms with E-state index in [2.05, 4.69) is 37.2 Å². The van der Waals surface area contributed by atoms with Crippen LogP contribution in [0.25, 0.3) is 0 Å². The van der Waals surface area contributed by atoms with Gasteiger partial charge in [-0.25, -0.2) is 18.4 Å². The van der Waals surface area contributed by atoms with Gasteiger partial charge in [0.1, 0.15) is 0 Å². The average Bonchev–Trinajstić information content (AvgIpc) is 2.68. The minimum absolute atomic E-state index is 0.262. The summed E-state index contributed by atoms with van der Waals surface area (Å²) in [5.41, 5.74) is 1.64. The predicted molar refractivity (Wildman–Crippen MR) is 109 cm³/mol. The van der Waals surface area contributed by atoms with E-state index in [4.69, 9.17) is 0 Å². The summed E-state index contributed by atoms with van der Waals surface area (Å²) in [6, 6.07) is 10.3. The molecule has 1 saturated heterocycles. The summed E-state index contributed by atoms with van der Waals surface area (Å²) in [5.74, 6) is 0.166. The number of anilines is 3. The second-order valence-corrected chi connectivity index (χ2v) is 8.74. The van der Waals surface area contributed by atoms with Gasteiger partial charge in [0.15, 0.2) is 0 Å². The third kappa shape index (κ3) is 5.17. The quantitative estimate of drug-likeness (QED) is 0.754. The Morgan fingerprint density at radius 2 is 1.64 bits per heavy atom. The topological polar surface area (TPSA) is 98.7 Å². The Kier molecular flexibility index (Phi) is 6.10. The minimum Gasteiger partial charge on any atom is -0.368 e. The second-order valence-electron chi connectivity index (χ2n) is 6.65. The van der Waals surface area contributed by atoms with E-state index < -0.39 is 15.9 Å². The molecule has 2 heterocycles. The van der Waals surface area contributed by atoms with E-state index in [1.54, 1.807) is 0 Å². The highest BCUT2D eigenvalue weighted by Gasteiger charge is 2.19. The van der Waals surface area contributed by atoms with Gasteiger partial charge in [0.2, 0.25) is 21.9 Å². The molecule has 0 aliphatic carbocycles. The third-order valence-corrected chi connectivity index (χ3v) is 5.80. The Morgan fingerprint density at radius 1 is 1.07 bits per heavy atom. The van der Waals surface area contributed by atoms with Crippen LogP contribution in [-0.4, -0.2) is 74.6 Å². The van der Waals surface area contributed by atoms with E-state index in [-0.39, 0.29) is 6.54 Å². The molecule has 1 aromatic heterocycles. The van der Waals surface area contributed by atoms with Gasteiger partial charge in [0.05, 0.1) is 30.9 Å². The van der Waals surface area contributed by atoms with Crippen molar-refractivity contribution in [2.75, 3.05) is 61.1 Å². The molecule has 0 radical (unpaired) electrons. The molecule has 28 heavy (non-hydrogen) atoms. The summed E-state index contributed by atoms with van der Waals surface area (Å²) >= 11 is 0. The maximum Gasteiger partial charge on any atom is 0.239 e. The molecule has 9 nitrogen and oxygen atoms in total. The van der Waals surface area contributed by atoms with Crippen LogP contribution in [0.15, 0.2) is 42.7 Å². The Morgan fingerprint density at radius 3 is 2.21 bits per heavy atom. The van der Waals surface area contributed by atoms with Crippen LogP contribution in [0, 0.1) is 0 Å². The Labute approximate surface area is 165 Å². The molecule has 1 aliphatic rings. The Balaban J connectivity index is 1.53. The molecule has 1 N–H and O–H groups in total. The van der Waals surface area contributed by atoms with E-state index in [1.807, 2.05) is 18.2 Å². The molecule has 0 atom stereocenters. The van der Waals surface area contributed by atoms with Crippen LogP contribution in [0.4, 0.5) is 17.3 Å². The van der Waals surface area contributed by atoms with Crippen LogP contribution in [0.3, 0.4) is 0 Å². The number of sulfonamides is 1. The summed E-state index contributed by atoms with van der Waals surface area (Å²) in [7, 11) is -2.05. The lowest BCUT2D eigenvalue weighted by atomic mass is 10.2. The molecule has 150 valence electrons. The van der Waals surface area contributed by atoms with Gasteiger partial charge in [0, 0.05) is 38.9 Å². The number of carbonyl (C=O) groups excluding carboxylic acids is 1. The van der Waals surface area contributed by atoms with E-state index in [1.165, 1.54) is 25.1 Å². The first-order valence-electron chi connectivity index (χ1n) is 8.91. The molecule has 3 rings (SSSR count). The first-order valence-corrected chi connectivity index (χ1v) is 10.8.